The number of fused-ring (bicyclic) bond motifs is 1. The lowest BCUT2D eigenvalue weighted by Gasteiger charge is -2.39. The summed E-state index contributed by atoms with van der Waals surface area (Å²) in [5, 5.41) is 5.63. The van der Waals surface area contributed by atoms with Gasteiger partial charge in [-0.05, 0) is 62.0 Å². The minimum Gasteiger partial charge on any atom is -0.339 e. The first-order valence-electron chi connectivity index (χ1n) is 8.76. The number of thiophene rings is 1. The molecule has 1 aliphatic carbocycles. The van der Waals surface area contributed by atoms with Crippen molar-refractivity contribution in [1.82, 2.24) is 10.2 Å². The zero-order valence-electron chi connectivity index (χ0n) is 13.5. The summed E-state index contributed by atoms with van der Waals surface area (Å²) in [6.07, 6.45) is 7.15. The summed E-state index contributed by atoms with van der Waals surface area (Å²) < 4.78 is 0. The van der Waals surface area contributed by atoms with Gasteiger partial charge in [0.2, 0.25) is 0 Å². The van der Waals surface area contributed by atoms with Gasteiger partial charge in [-0.2, -0.15) is 0 Å². The zero-order valence-corrected chi connectivity index (χ0v) is 14.3. The summed E-state index contributed by atoms with van der Waals surface area (Å²) in [6.45, 7) is 6.53. The van der Waals surface area contributed by atoms with Gasteiger partial charge in [-0.15, -0.1) is 11.3 Å². The molecule has 3 aliphatic rings. The molecular formula is C18H26N2OS. The molecule has 4 rings (SSSR count). The molecule has 120 valence electrons. The minimum absolute atomic E-state index is 0.299. The smallest absolute Gasteiger partial charge is 0.254 e. The van der Waals surface area contributed by atoms with Gasteiger partial charge in [0.05, 0.1) is 5.56 Å². The largest absolute Gasteiger partial charge is 0.339 e. The molecule has 3 nitrogen and oxygen atoms in total. The summed E-state index contributed by atoms with van der Waals surface area (Å²) in [5.74, 6) is 1.08. The lowest BCUT2D eigenvalue weighted by Crippen LogP contribution is -2.44. The zero-order chi connectivity index (χ0) is 15.2. The number of nitrogens with zero attached hydrogens (tertiary/aromatic N) is 1. The van der Waals surface area contributed by atoms with Gasteiger partial charge in [0.25, 0.3) is 5.91 Å². The van der Waals surface area contributed by atoms with E-state index in [-0.39, 0.29) is 0 Å². The first-order valence-corrected chi connectivity index (χ1v) is 9.64. The summed E-state index contributed by atoms with van der Waals surface area (Å²) in [4.78, 5) is 16.5. The van der Waals surface area contributed by atoms with Gasteiger partial charge in [0, 0.05) is 29.9 Å². The van der Waals surface area contributed by atoms with Gasteiger partial charge >= 0.3 is 0 Å². The third kappa shape index (κ3) is 2.50. The quantitative estimate of drug-likeness (QED) is 0.863. The molecule has 1 amide bonds. The summed E-state index contributed by atoms with van der Waals surface area (Å²) in [5.41, 5.74) is 2.88. The van der Waals surface area contributed by atoms with E-state index in [2.05, 4.69) is 22.5 Å². The number of likely N-dealkylation sites (tertiary alicyclic amines) is 1. The molecule has 4 heteroatoms. The maximum Gasteiger partial charge on any atom is 0.254 e. The van der Waals surface area contributed by atoms with Crippen LogP contribution in [-0.2, 0) is 12.8 Å². The minimum atomic E-state index is 0.299. The second-order valence-electron chi connectivity index (χ2n) is 7.62. The Hall–Kier alpha value is -0.870. The maximum absolute atomic E-state index is 12.9. The lowest BCUT2D eigenvalue weighted by molar-refractivity contribution is 0.0607. The standard InChI is InChI=1S/C18H26N2OS/c1-13-2-3-14-15(11-22-16(14)10-13)17(21)20-8-5-18(6-9-20)4-7-19-12-18/h11,13,19H,2-10,12H2,1H3. The molecule has 1 spiro atoms. The van der Waals surface area contributed by atoms with Crippen LogP contribution in [0.3, 0.4) is 0 Å². The Morgan fingerprint density at radius 3 is 2.91 bits per heavy atom. The average Bonchev–Trinajstić information content (AvgIpc) is 3.14. The highest BCUT2D eigenvalue weighted by Gasteiger charge is 2.38. The fraction of sp³-hybridized carbons (Fsp3) is 0.722. The normalized spacial score (nSPS) is 27.1. The molecule has 1 unspecified atom stereocenters. The van der Waals surface area contributed by atoms with E-state index in [4.69, 9.17) is 0 Å². The Bertz CT molecular complexity index is 564. The fourth-order valence-corrected chi connectivity index (χ4v) is 5.67. The summed E-state index contributed by atoms with van der Waals surface area (Å²) in [6, 6.07) is 0. The van der Waals surface area contributed by atoms with E-state index in [1.54, 1.807) is 0 Å². The average molecular weight is 318 g/mol. The highest BCUT2D eigenvalue weighted by Crippen LogP contribution is 2.38. The van der Waals surface area contributed by atoms with Gasteiger partial charge < -0.3 is 10.2 Å². The molecule has 1 aromatic heterocycles. The predicted molar refractivity (Wildman–Crippen MR) is 90.6 cm³/mol. The SMILES string of the molecule is CC1CCc2c(C(=O)N3CCC4(CCNC4)CC3)csc2C1. The van der Waals surface area contributed by atoms with Crippen molar-refractivity contribution in [3.8, 4) is 0 Å². The van der Waals surface area contributed by atoms with E-state index in [0.29, 0.717) is 11.3 Å². The van der Waals surface area contributed by atoms with Gasteiger partial charge in [0.1, 0.15) is 0 Å². The van der Waals surface area contributed by atoms with E-state index >= 15 is 0 Å². The van der Waals surface area contributed by atoms with E-state index in [1.807, 2.05) is 11.3 Å². The molecule has 0 bridgehead atoms. The summed E-state index contributed by atoms with van der Waals surface area (Å²) in [7, 11) is 0. The fourth-order valence-electron chi connectivity index (χ4n) is 4.43. The van der Waals surface area contributed by atoms with Crippen molar-refractivity contribution in [1.29, 1.82) is 0 Å². The van der Waals surface area contributed by atoms with Crippen LogP contribution >= 0.6 is 11.3 Å². The van der Waals surface area contributed by atoms with Gasteiger partial charge in [-0.25, -0.2) is 0 Å². The highest BCUT2D eigenvalue weighted by atomic mass is 32.1. The topological polar surface area (TPSA) is 32.3 Å². The van der Waals surface area contributed by atoms with Crippen molar-refractivity contribution in [3.05, 3.63) is 21.4 Å². The van der Waals surface area contributed by atoms with E-state index in [1.165, 1.54) is 42.5 Å². The highest BCUT2D eigenvalue weighted by molar-refractivity contribution is 7.10. The molecule has 0 saturated carbocycles. The number of piperidine rings is 1. The molecule has 1 atom stereocenters. The van der Waals surface area contributed by atoms with Crippen LogP contribution in [0.5, 0.6) is 0 Å². The number of rotatable bonds is 1. The number of amides is 1. The number of carbonyl (C=O) groups is 1. The van der Waals surface area contributed by atoms with Crippen LogP contribution < -0.4 is 5.32 Å². The predicted octanol–water partition coefficient (Wildman–Crippen LogP) is 3.09. The van der Waals surface area contributed by atoms with Crippen LogP contribution in [0.4, 0.5) is 0 Å². The first-order chi connectivity index (χ1) is 10.7. The molecule has 22 heavy (non-hydrogen) atoms. The van der Waals surface area contributed by atoms with Gasteiger partial charge in [-0.3, -0.25) is 4.79 Å². The second kappa shape index (κ2) is 5.64. The Morgan fingerprint density at radius 2 is 2.18 bits per heavy atom. The third-order valence-corrected chi connectivity index (χ3v) is 7.13. The van der Waals surface area contributed by atoms with Crippen molar-refractivity contribution >= 4 is 17.2 Å². The monoisotopic (exact) mass is 318 g/mol. The van der Waals surface area contributed by atoms with Gasteiger partial charge in [0.15, 0.2) is 0 Å². The molecule has 1 N–H and O–H groups in total. The van der Waals surface area contributed by atoms with Crippen molar-refractivity contribution in [3.63, 3.8) is 0 Å². The number of carbonyl (C=O) groups excluding carboxylic acids is 1. The third-order valence-electron chi connectivity index (χ3n) is 6.08. The van der Waals surface area contributed by atoms with E-state index in [0.717, 1.165) is 44.1 Å². The maximum atomic E-state index is 12.9. The molecular weight excluding hydrogens is 292 g/mol. The number of hydrogen-bond acceptors (Lipinski definition) is 3. The van der Waals surface area contributed by atoms with Crippen LogP contribution in [0.1, 0.15) is 53.4 Å². The summed E-state index contributed by atoms with van der Waals surface area (Å²) >= 11 is 1.81. The van der Waals surface area contributed by atoms with E-state index < -0.39 is 0 Å². The Labute approximate surface area is 137 Å². The van der Waals surface area contributed by atoms with Crippen LogP contribution in [0.2, 0.25) is 0 Å². The molecule has 1 aromatic rings. The molecule has 3 heterocycles. The van der Waals surface area contributed by atoms with Crippen LogP contribution in [0.25, 0.3) is 0 Å². The van der Waals surface area contributed by atoms with Crippen LogP contribution in [0, 0.1) is 11.3 Å². The van der Waals surface area contributed by atoms with Crippen molar-refractivity contribution < 1.29 is 4.79 Å². The van der Waals surface area contributed by atoms with Crippen molar-refractivity contribution in [2.24, 2.45) is 11.3 Å². The van der Waals surface area contributed by atoms with Crippen molar-refractivity contribution in [2.45, 2.75) is 45.4 Å². The lowest BCUT2D eigenvalue weighted by atomic mass is 9.77. The Balaban J connectivity index is 1.47. The molecule has 2 saturated heterocycles. The van der Waals surface area contributed by atoms with E-state index in [9.17, 15) is 4.79 Å². The molecule has 0 aromatic carbocycles. The molecule has 2 aliphatic heterocycles. The Kier molecular flexibility index (Phi) is 3.77. The molecule has 0 radical (unpaired) electrons. The Morgan fingerprint density at radius 1 is 1.36 bits per heavy atom. The first kappa shape index (κ1) is 14.7. The number of nitrogens with one attached hydrogen (secondary N) is 1. The number of hydrogen-bond donors (Lipinski definition) is 1. The van der Waals surface area contributed by atoms with Crippen LogP contribution in [0.15, 0.2) is 5.38 Å². The second-order valence-corrected chi connectivity index (χ2v) is 8.58. The van der Waals surface area contributed by atoms with Crippen molar-refractivity contribution in [2.75, 3.05) is 26.2 Å². The van der Waals surface area contributed by atoms with Gasteiger partial charge in [-0.1, -0.05) is 6.92 Å². The molecule has 2 fully saturated rings. The van der Waals surface area contributed by atoms with Crippen LogP contribution in [-0.4, -0.2) is 37.0 Å².